The van der Waals surface area contributed by atoms with Gasteiger partial charge in [0, 0.05) is 10.9 Å². The first-order chi connectivity index (χ1) is 7.63. The van der Waals surface area contributed by atoms with E-state index in [4.69, 9.17) is 10.00 Å². The number of hydrogen-bond donors (Lipinski definition) is 0. The number of alkyl halides is 1. The van der Waals surface area contributed by atoms with Crippen LogP contribution in [0, 0.1) is 11.3 Å². The van der Waals surface area contributed by atoms with Gasteiger partial charge < -0.3 is 14.6 Å². The smallest absolute Gasteiger partial charge is 0.128 e. The van der Waals surface area contributed by atoms with Gasteiger partial charge in [-0.15, -0.1) is 0 Å². The largest absolute Gasteiger partial charge is 0.545 e. The summed E-state index contributed by atoms with van der Waals surface area (Å²) in [5.74, 6) is -1.11. The fraction of sp³-hybridized carbons (Fsp3) is 0.273. The highest BCUT2D eigenvalue weighted by atomic mass is 79.9. The van der Waals surface area contributed by atoms with E-state index in [1.807, 2.05) is 6.07 Å². The summed E-state index contributed by atoms with van der Waals surface area (Å²) < 4.78 is 5.19. The molecule has 0 saturated carbocycles. The maximum absolute atomic E-state index is 10.9. The van der Waals surface area contributed by atoms with E-state index in [9.17, 15) is 9.90 Å². The van der Waals surface area contributed by atoms with Crippen LogP contribution >= 0.6 is 15.9 Å². The van der Waals surface area contributed by atoms with E-state index in [1.165, 1.54) is 6.07 Å². The van der Waals surface area contributed by atoms with Crippen LogP contribution in [-0.4, -0.2) is 12.6 Å². The van der Waals surface area contributed by atoms with Crippen molar-refractivity contribution in [1.29, 1.82) is 5.26 Å². The maximum Gasteiger partial charge on any atom is 0.128 e. The average Bonchev–Trinajstić information content (AvgIpc) is 2.28. The van der Waals surface area contributed by atoms with E-state index in [-0.39, 0.29) is 11.3 Å². The number of carbonyl (C=O) groups is 1. The molecule has 0 atom stereocenters. The molecule has 0 fully saturated rings. The zero-order valence-corrected chi connectivity index (χ0v) is 10.2. The summed E-state index contributed by atoms with van der Waals surface area (Å²) in [5.41, 5.74) is 0.901. The van der Waals surface area contributed by atoms with E-state index >= 15 is 0 Å². The van der Waals surface area contributed by atoms with Gasteiger partial charge in [-0.05, 0) is 24.6 Å². The second kappa shape index (κ2) is 5.52. The molecule has 1 aromatic carbocycles. The van der Waals surface area contributed by atoms with Crippen LogP contribution in [0.25, 0.3) is 0 Å². The summed E-state index contributed by atoms with van der Waals surface area (Å²) in [6, 6.07) is 4.75. The van der Waals surface area contributed by atoms with Crippen LogP contribution in [0.5, 0.6) is 5.75 Å². The van der Waals surface area contributed by atoms with Crippen molar-refractivity contribution in [3.8, 4) is 11.8 Å². The predicted octanol–water partition coefficient (Wildman–Crippen LogP) is 1.22. The highest BCUT2D eigenvalue weighted by Crippen LogP contribution is 2.25. The Bertz CT molecular complexity index is 451. The molecule has 16 heavy (non-hydrogen) atoms. The Kier molecular flexibility index (Phi) is 4.32. The summed E-state index contributed by atoms with van der Waals surface area (Å²) in [5, 5.41) is 20.2. The monoisotopic (exact) mass is 282 g/mol. The Morgan fingerprint density at radius 1 is 1.62 bits per heavy atom. The summed E-state index contributed by atoms with van der Waals surface area (Å²) in [7, 11) is 0. The third-order valence-electron chi connectivity index (χ3n) is 1.99. The lowest BCUT2D eigenvalue weighted by Crippen LogP contribution is -2.23. The van der Waals surface area contributed by atoms with E-state index in [2.05, 4.69) is 15.9 Å². The second-order valence-electron chi connectivity index (χ2n) is 2.97. The topological polar surface area (TPSA) is 73.1 Å². The standard InChI is InChI=1S/C11H10BrNO3/c1-2-16-10-4-7(5-12)8(6-13)3-9(10)11(14)15/h3-4H,2,5H2,1H3,(H,14,15)/p-1. The molecule has 1 aromatic rings. The lowest BCUT2D eigenvalue weighted by Gasteiger charge is -2.13. The molecular formula is C11H9BrNO3-. The Balaban J connectivity index is 3.36. The van der Waals surface area contributed by atoms with Crippen LogP contribution in [0.1, 0.15) is 28.4 Å². The lowest BCUT2D eigenvalue weighted by molar-refractivity contribution is -0.255. The Hall–Kier alpha value is -1.54. The van der Waals surface area contributed by atoms with Gasteiger partial charge in [0.2, 0.25) is 0 Å². The summed E-state index contributed by atoms with van der Waals surface area (Å²) >= 11 is 3.23. The number of hydrogen-bond acceptors (Lipinski definition) is 4. The Morgan fingerprint density at radius 2 is 2.31 bits per heavy atom. The van der Waals surface area contributed by atoms with Gasteiger partial charge >= 0.3 is 0 Å². The van der Waals surface area contributed by atoms with Crippen molar-refractivity contribution in [2.75, 3.05) is 6.61 Å². The molecular weight excluding hydrogens is 274 g/mol. The molecule has 4 nitrogen and oxygen atoms in total. The van der Waals surface area contributed by atoms with Crippen molar-refractivity contribution >= 4 is 21.9 Å². The van der Waals surface area contributed by atoms with Gasteiger partial charge in [0.05, 0.1) is 24.2 Å². The number of aromatic carboxylic acids is 1. The lowest BCUT2D eigenvalue weighted by atomic mass is 10.0. The highest BCUT2D eigenvalue weighted by molar-refractivity contribution is 9.08. The second-order valence-corrected chi connectivity index (χ2v) is 3.53. The van der Waals surface area contributed by atoms with E-state index in [1.54, 1.807) is 13.0 Å². The third kappa shape index (κ3) is 2.52. The molecule has 0 aliphatic rings. The summed E-state index contributed by atoms with van der Waals surface area (Å²) in [6.45, 7) is 2.11. The molecule has 0 spiro atoms. The first kappa shape index (κ1) is 12.5. The quantitative estimate of drug-likeness (QED) is 0.779. The normalized spacial score (nSPS) is 9.56. The highest BCUT2D eigenvalue weighted by Gasteiger charge is 2.10. The van der Waals surface area contributed by atoms with Gasteiger partial charge in [-0.1, -0.05) is 15.9 Å². The first-order valence-electron chi connectivity index (χ1n) is 4.61. The molecule has 0 saturated heterocycles. The van der Waals surface area contributed by atoms with Crippen LogP contribution in [-0.2, 0) is 5.33 Å². The molecule has 0 aliphatic carbocycles. The van der Waals surface area contributed by atoms with Crippen molar-refractivity contribution in [1.82, 2.24) is 0 Å². The molecule has 0 N–H and O–H groups in total. The van der Waals surface area contributed by atoms with Crippen molar-refractivity contribution in [2.45, 2.75) is 12.3 Å². The minimum Gasteiger partial charge on any atom is -0.545 e. The zero-order chi connectivity index (χ0) is 12.1. The molecule has 84 valence electrons. The van der Waals surface area contributed by atoms with E-state index < -0.39 is 5.97 Å². The van der Waals surface area contributed by atoms with Crippen molar-refractivity contribution in [2.24, 2.45) is 0 Å². The van der Waals surface area contributed by atoms with Crippen LogP contribution in [0.3, 0.4) is 0 Å². The van der Waals surface area contributed by atoms with Crippen LogP contribution in [0.4, 0.5) is 0 Å². The van der Waals surface area contributed by atoms with Crippen molar-refractivity contribution < 1.29 is 14.6 Å². The number of rotatable bonds is 4. The molecule has 0 radical (unpaired) electrons. The van der Waals surface area contributed by atoms with Crippen molar-refractivity contribution in [3.63, 3.8) is 0 Å². The van der Waals surface area contributed by atoms with Gasteiger partial charge in [-0.2, -0.15) is 5.26 Å². The molecule has 1 rings (SSSR count). The number of carboxylic acids is 1. The average molecular weight is 283 g/mol. The molecule has 0 amide bonds. The number of ether oxygens (including phenoxy) is 1. The van der Waals surface area contributed by atoms with Crippen LogP contribution < -0.4 is 9.84 Å². The molecule has 0 unspecified atom stereocenters. The fourth-order valence-corrected chi connectivity index (χ4v) is 1.73. The summed E-state index contributed by atoms with van der Waals surface area (Å²) in [4.78, 5) is 10.9. The van der Waals surface area contributed by atoms with E-state index in [0.717, 1.165) is 0 Å². The van der Waals surface area contributed by atoms with E-state index in [0.29, 0.717) is 23.1 Å². The molecule has 5 heteroatoms. The van der Waals surface area contributed by atoms with Gasteiger partial charge in [0.25, 0.3) is 0 Å². The fourth-order valence-electron chi connectivity index (χ4n) is 1.27. The molecule has 0 bridgehead atoms. The van der Waals surface area contributed by atoms with Gasteiger partial charge in [0.1, 0.15) is 5.75 Å². The third-order valence-corrected chi connectivity index (χ3v) is 2.59. The maximum atomic E-state index is 10.9. The number of carboxylic acid groups (broad SMARTS) is 1. The molecule has 0 aromatic heterocycles. The zero-order valence-electron chi connectivity index (χ0n) is 8.62. The number of halogens is 1. The van der Waals surface area contributed by atoms with Gasteiger partial charge in [-0.3, -0.25) is 0 Å². The van der Waals surface area contributed by atoms with Crippen LogP contribution in [0.15, 0.2) is 12.1 Å². The SMILES string of the molecule is CCOc1cc(CBr)c(C#N)cc1C(=O)[O-]. The molecule has 0 heterocycles. The van der Waals surface area contributed by atoms with Gasteiger partial charge in [-0.25, -0.2) is 0 Å². The Morgan fingerprint density at radius 3 is 2.75 bits per heavy atom. The van der Waals surface area contributed by atoms with Crippen LogP contribution in [0.2, 0.25) is 0 Å². The first-order valence-corrected chi connectivity index (χ1v) is 5.73. The summed E-state index contributed by atoms with van der Waals surface area (Å²) in [6.07, 6.45) is 0. The van der Waals surface area contributed by atoms with Gasteiger partial charge in [0.15, 0.2) is 0 Å². The number of nitrogens with zero attached hydrogens (tertiary/aromatic N) is 1. The minimum absolute atomic E-state index is 0.0944. The Labute approximate surface area is 102 Å². The predicted molar refractivity (Wildman–Crippen MR) is 59.3 cm³/mol. The number of nitriles is 1. The van der Waals surface area contributed by atoms with Crippen molar-refractivity contribution in [3.05, 3.63) is 28.8 Å². The minimum atomic E-state index is -1.35. The number of carbonyl (C=O) groups excluding carboxylic acids is 1. The molecule has 0 aliphatic heterocycles. The number of benzene rings is 1.